The molecule has 0 saturated heterocycles. The molecule has 0 radical (unpaired) electrons. The van der Waals surface area contributed by atoms with Gasteiger partial charge in [-0.15, -0.1) is 0 Å². The highest BCUT2D eigenvalue weighted by Crippen LogP contribution is 2.20. The van der Waals surface area contributed by atoms with Crippen LogP contribution in [0.2, 0.25) is 0 Å². The van der Waals surface area contributed by atoms with Crippen molar-refractivity contribution >= 4 is 0 Å². The predicted octanol–water partition coefficient (Wildman–Crippen LogP) is 0.826. The molecule has 1 unspecified atom stereocenters. The van der Waals surface area contributed by atoms with Gasteiger partial charge in [0.1, 0.15) is 0 Å². The molecule has 1 N–H and O–H groups in total. The first kappa shape index (κ1) is 10.0. The molecule has 0 amide bonds. The van der Waals surface area contributed by atoms with Gasteiger partial charge in [0.25, 0.3) is 0 Å². The van der Waals surface area contributed by atoms with Crippen molar-refractivity contribution in [1.82, 2.24) is 0 Å². The Morgan fingerprint density at radius 1 is 1.17 bits per heavy atom. The first-order valence-corrected chi connectivity index (χ1v) is 5.15. The van der Waals surface area contributed by atoms with Crippen molar-refractivity contribution in [3.63, 3.8) is 0 Å². The van der Waals surface area contributed by atoms with Gasteiger partial charge in [-0.25, -0.2) is 0 Å². The average Bonchev–Trinajstić information content (AvgIpc) is 2.06. The van der Waals surface area contributed by atoms with Crippen molar-refractivity contribution in [2.45, 2.75) is 51.4 Å². The lowest BCUT2D eigenvalue weighted by Crippen LogP contribution is -3.10. The van der Waals surface area contributed by atoms with Gasteiger partial charge in [-0.2, -0.15) is 0 Å². The summed E-state index contributed by atoms with van der Waals surface area (Å²) < 4.78 is 5.92. The molecule has 1 fully saturated rings. The van der Waals surface area contributed by atoms with Crippen LogP contribution in [-0.4, -0.2) is 26.4 Å². The highest BCUT2D eigenvalue weighted by atomic mass is 16.5. The molecule has 0 aliphatic heterocycles. The van der Waals surface area contributed by atoms with Crippen LogP contribution in [-0.2, 0) is 4.74 Å². The van der Waals surface area contributed by atoms with Crippen molar-refractivity contribution in [3.8, 4) is 0 Å². The number of hydrogen-bond donors (Lipinski definition) is 1. The summed E-state index contributed by atoms with van der Waals surface area (Å²) in [6, 6.07) is 0. The molecule has 1 aliphatic carbocycles. The summed E-state index contributed by atoms with van der Waals surface area (Å²) in [4.78, 5) is 1.39. The quantitative estimate of drug-likeness (QED) is 0.622. The van der Waals surface area contributed by atoms with Gasteiger partial charge in [0.15, 0.2) is 6.23 Å². The minimum Gasteiger partial charge on any atom is -0.326 e. The van der Waals surface area contributed by atoms with E-state index in [1.54, 1.807) is 0 Å². The highest BCUT2D eigenvalue weighted by molar-refractivity contribution is 4.64. The summed E-state index contributed by atoms with van der Waals surface area (Å²) in [5.74, 6) is 0. The lowest BCUT2D eigenvalue weighted by molar-refractivity contribution is -0.909. The molecule has 1 saturated carbocycles. The van der Waals surface area contributed by atoms with E-state index in [2.05, 4.69) is 21.0 Å². The largest absolute Gasteiger partial charge is 0.326 e. The van der Waals surface area contributed by atoms with Crippen molar-refractivity contribution in [2.75, 3.05) is 14.1 Å². The molecule has 72 valence electrons. The van der Waals surface area contributed by atoms with E-state index in [4.69, 9.17) is 4.74 Å². The number of quaternary nitrogens is 1. The number of nitrogens with one attached hydrogen (secondary N) is 1. The Bertz CT molecular complexity index is 119. The maximum atomic E-state index is 5.92. The topological polar surface area (TPSA) is 13.7 Å². The van der Waals surface area contributed by atoms with Crippen LogP contribution in [0.25, 0.3) is 0 Å². The fraction of sp³-hybridized carbons (Fsp3) is 1.00. The number of ether oxygens (including phenoxy) is 1. The molecule has 0 spiro atoms. The summed E-state index contributed by atoms with van der Waals surface area (Å²) in [5, 5.41) is 0. The normalized spacial score (nSPS) is 23.0. The first-order valence-electron chi connectivity index (χ1n) is 5.15. The minimum atomic E-state index is 0.355. The van der Waals surface area contributed by atoms with Crippen LogP contribution in [0.15, 0.2) is 0 Å². The standard InChI is InChI=1S/C10H21NO/c1-9(11(2)3)12-10-7-5-4-6-8-10/h9-10H,4-8H2,1-3H3/p+1. The van der Waals surface area contributed by atoms with Gasteiger partial charge in [-0.3, -0.25) is 0 Å². The summed E-state index contributed by atoms with van der Waals surface area (Å²) in [7, 11) is 4.29. The summed E-state index contributed by atoms with van der Waals surface area (Å²) in [6.45, 7) is 2.16. The lowest BCUT2D eigenvalue weighted by Gasteiger charge is -2.26. The number of rotatable bonds is 3. The van der Waals surface area contributed by atoms with Gasteiger partial charge < -0.3 is 9.64 Å². The number of hydrogen-bond acceptors (Lipinski definition) is 1. The van der Waals surface area contributed by atoms with Crippen molar-refractivity contribution in [3.05, 3.63) is 0 Å². The maximum absolute atomic E-state index is 5.92. The molecule has 2 nitrogen and oxygen atoms in total. The molecule has 0 heterocycles. The zero-order chi connectivity index (χ0) is 8.97. The SMILES string of the molecule is CC(OC1CCCCC1)[NH+](C)C. The third-order valence-electron chi connectivity index (χ3n) is 2.76. The molecule has 1 rings (SSSR count). The summed E-state index contributed by atoms with van der Waals surface area (Å²) in [6.07, 6.45) is 7.58. The van der Waals surface area contributed by atoms with E-state index in [0.29, 0.717) is 12.3 Å². The van der Waals surface area contributed by atoms with Gasteiger partial charge >= 0.3 is 0 Å². The second-order valence-electron chi connectivity index (χ2n) is 4.12. The fourth-order valence-corrected chi connectivity index (χ4v) is 1.63. The van der Waals surface area contributed by atoms with Gasteiger partial charge in [-0.05, 0) is 12.8 Å². The van der Waals surface area contributed by atoms with E-state index >= 15 is 0 Å². The predicted molar refractivity (Wildman–Crippen MR) is 50.2 cm³/mol. The summed E-state index contributed by atoms with van der Waals surface area (Å²) in [5.41, 5.74) is 0. The van der Waals surface area contributed by atoms with Gasteiger partial charge in [0.2, 0.25) is 0 Å². The van der Waals surface area contributed by atoms with Gasteiger partial charge in [0.05, 0.1) is 20.2 Å². The Morgan fingerprint density at radius 3 is 2.25 bits per heavy atom. The second-order valence-corrected chi connectivity index (χ2v) is 4.12. The molecule has 1 aliphatic rings. The van der Waals surface area contributed by atoms with Crippen LogP contribution in [0.3, 0.4) is 0 Å². The molecule has 0 aromatic rings. The molecule has 1 atom stereocenters. The fourth-order valence-electron chi connectivity index (χ4n) is 1.63. The van der Waals surface area contributed by atoms with E-state index in [9.17, 15) is 0 Å². The first-order chi connectivity index (χ1) is 5.70. The third-order valence-corrected chi connectivity index (χ3v) is 2.76. The van der Waals surface area contributed by atoms with E-state index in [1.165, 1.54) is 37.0 Å². The Hall–Kier alpha value is -0.0800. The Labute approximate surface area is 75.9 Å². The Balaban J connectivity index is 2.20. The van der Waals surface area contributed by atoms with Crippen molar-refractivity contribution in [1.29, 1.82) is 0 Å². The van der Waals surface area contributed by atoms with Crippen LogP contribution >= 0.6 is 0 Å². The highest BCUT2D eigenvalue weighted by Gasteiger charge is 2.18. The summed E-state index contributed by atoms with van der Waals surface area (Å²) >= 11 is 0. The van der Waals surface area contributed by atoms with Crippen molar-refractivity contribution < 1.29 is 9.64 Å². The van der Waals surface area contributed by atoms with Gasteiger partial charge in [0, 0.05) is 6.92 Å². The zero-order valence-electron chi connectivity index (χ0n) is 8.60. The van der Waals surface area contributed by atoms with E-state index in [0.717, 1.165) is 0 Å². The zero-order valence-corrected chi connectivity index (χ0v) is 8.60. The molecule has 12 heavy (non-hydrogen) atoms. The van der Waals surface area contributed by atoms with E-state index < -0.39 is 0 Å². The lowest BCUT2D eigenvalue weighted by atomic mass is 9.98. The molecule has 0 aromatic heterocycles. The monoisotopic (exact) mass is 172 g/mol. The average molecular weight is 172 g/mol. The van der Waals surface area contributed by atoms with Crippen LogP contribution in [0.4, 0.5) is 0 Å². The molecule has 2 heteroatoms. The maximum Gasteiger partial charge on any atom is 0.188 e. The molecule has 0 aromatic carbocycles. The molecular formula is C10H22NO+. The van der Waals surface area contributed by atoms with Crippen LogP contribution in [0.1, 0.15) is 39.0 Å². The Kier molecular flexibility index (Phi) is 4.02. The second kappa shape index (κ2) is 4.83. The minimum absolute atomic E-state index is 0.355. The van der Waals surface area contributed by atoms with E-state index in [1.807, 2.05) is 0 Å². The van der Waals surface area contributed by atoms with Crippen molar-refractivity contribution in [2.24, 2.45) is 0 Å². The Morgan fingerprint density at radius 2 is 1.75 bits per heavy atom. The third kappa shape index (κ3) is 3.11. The van der Waals surface area contributed by atoms with Crippen LogP contribution in [0.5, 0.6) is 0 Å². The van der Waals surface area contributed by atoms with Crippen LogP contribution < -0.4 is 4.90 Å². The van der Waals surface area contributed by atoms with Gasteiger partial charge in [-0.1, -0.05) is 19.3 Å². The molecule has 0 bridgehead atoms. The molecular weight excluding hydrogens is 150 g/mol. The smallest absolute Gasteiger partial charge is 0.188 e. The van der Waals surface area contributed by atoms with Crippen LogP contribution in [0, 0.1) is 0 Å². The van der Waals surface area contributed by atoms with E-state index in [-0.39, 0.29) is 0 Å².